The monoisotopic (exact) mass is 290 g/mol. The van der Waals surface area contributed by atoms with Crippen molar-refractivity contribution in [2.24, 2.45) is 0 Å². The van der Waals surface area contributed by atoms with E-state index in [0.717, 1.165) is 18.2 Å². The Balaban J connectivity index is 1.81. The van der Waals surface area contributed by atoms with E-state index < -0.39 is 0 Å². The van der Waals surface area contributed by atoms with Gasteiger partial charge in [-0.05, 0) is 12.0 Å². The van der Waals surface area contributed by atoms with Crippen molar-refractivity contribution in [2.75, 3.05) is 5.75 Å². The van der Waals surface area contributed by atoms with E-state index in [2.05, 4.69) is 70.3 Å². The predicted octanol–water partition coefficient (Wildman–Crippen LogP) is 3.99. The molecule has 1 aliphatic rings. The van der Waals surface area contributed by atoms with Crippen molar-refractivity contribution >= 4 is 23.5 Å². The zero-order chi connectivity index (χ0) is 13.1. The quantitative estimate of drug-likeness (QED) is 0.848. The lowest BCUT2D eigenvalue weighted by atomic mass is 10.1. The Labute approximate surface area is 123 Å². The van der Waals surface area contributed by atoms with Gasteiger partial charge in [0.15, 0.2) is 0 Å². The lowest BCUT2D eigenvalue weighted by Crippen LogP contribution is -2.17. The van der Waals surface area contributed by atoms with Gasteiger partial charge in [0, 0.05) is 29.9 Å². The van der Waals surface area contributed by atoms with Gasteiger partial charge in [-0.1, -0.05) is 37.3 Å². The highest BCUT2D eigenvalue weighted by molar-refractivity contribution is 8.20. The molecule has 0 amide bonds. The Morgan fingerprint density at radius 1 is 1.37 bits per heavy atom. The lowest BCUT2D eigenvalue weighted by Gasteiger charge is -2.28. The van der Waals surface area contributed by atoms with Gasteiger partial charge in [0.1, 0.15) is 0 Å². The van der Waals surface area contributed by atoms with Crippen LogP contribution in [0, 0.1) is 0 Å². The summed E-state index contributed by atoms with van der Waals surface area (Å²) in [5.74, 6) is 1.24. The fourth-order valence-corrected chi connectivity index (χ4v) is 6.08. The van der Waals surface area contributed by atoms with Crippen LogP contribution in [0.25, 0.3) is 0 Å². The van der Waals surface area contributed by atoms with Gasteiger partial charge in [0.25, 0.3) is 0 Å². The van der Waals surface area contributed by atoms with Crippen LogP contribution < -0.4 is 0 Å². The van der Waals surface area contributed by atoms with Crippen molar-refractivity contribution < 1.29 is 0 Å². The van der Waals surface area contributed by atoms with Gasteiger partial charge >= 0.3 is 0 Å². The molecule has 0 N–H and O–H groups in total. The van der Waals surface area contributed by atoms with Crippen LogP contribution >= 0.6 is 23.5 Å². The number of hydrogen-bond acceptors (Lipinski definition) is 3. The van der Waals surface area contributed by atoms with Gasteiger partial charge < -0.3 is 4.57 Å². The largest absolute Gasteiger partial charge is 0.337 e. The van der Waals surface area contributed by atoms with Crippen LogP contribution in [0.3, 0.4) is 0 Å². The molecule has 3 rings (SSSR count). The fourth-order valence-electron chi connectivity index (χ4n) is 2.46. The van der Waals surface area contributed by atoms with E-state index in [4.69, 9.17) is 0 Å². The molecule has 2 atom stereocenters. The smallest absolute Gasteiger partial charge is 0.0945 e. The molecule has 0 spiro atoms. The van der Waals surface area contributed by atoms with Gasteiger partial charge in [0.2, 0.25) is 0 Å². The molecule has 1 aromatic carbocycles. The van der Waals surface area contributed by atoms with Gasteiger partial charge in [-0.15, -0.1) is 23.5 Å². The minimum Gasteiger partial charge on any atom is -0.337 e. The number of imidazole rings is 1. The summed E-state index contributed by atoms with van der Waals surface area (Å²) in [6.07, 6.45) is 6.96. The molecule has 1 aliphatic heterocycles. The molecule has 19 heavy (non-hydrogen) atoms. The Hall–Kier alpha value is -0.870. The first kappa shape index (κ1) is 13.1. The summed E-state index contributed by atoms with van der Waals surface area (Å²) in [5.41, 5.74) is 1.45. The Kier molecular flexibility index (Phi) is 3.89. The van der Waals surface area contributed by atoms with Crippen LogP contribution in [0.5, 0.6) is 0 Å². The van der Waals surface area contributed by atoms with E-state index in [1.807, 2.05) is 18.7 Å². The molecule has 1 aromatic heterocycles. The first-order valence-corrected chi connectivity index (χ1v) is 8.48. The molecule has 1 fully saturated rings. The van der Waals surface area contributed by atoms with Crippen LogP contribution in [0.4, 0.5) is 0 Å². The minimum absolute atomic E-state index is 0.213. The number of benzene rings is 1. The SMILES string of the molecule is CC1CSC(CCn2ccnc2)(c2ccccc2)S1. The normalized spacial score (nSPS) is 26.7. The summed E-state index contributed by atoms with van der Waals surface area (Å²) < 4.78 is 2.39. The third kappa shape index (κ3) is 2.84. The van der Waals surface area contributed by atoms with Gasteiger partial charge in [-0.2, -0.15) is 0 Å². The van der Waals surface area contributed by atoms with Crippen molar-refractivity contribution in [2.45, 2.75) is 29.2 Å². The summed E-state index contributed by atoms with van der Waals surface area (Å²) in [5, 5.41) is 0.730. The molecule has 0 radical (unpaired) electrons. The van der Waals surface area contributed by atoms with Crippen LogP contribution in [0.2, 0.25) is 0 Å². The number of rotatable bonds is 4. The van der Waals surface area contributed by atoms with Crippen LogP contribution in [0.15, 0.2) is 49.1 Å². The Morgan fingerprint density at radius 2 is 2.21 bits per heavy atom. The van der Waals surface area contributed by atoms with Gasteiger partial charge in [0.05, 0.1) is 10.4 Å². The molecular weight excluding hydrogens is 272 g/mol. The number of thioether (sulfide) groups is 2. The third-order valence-corrected chi connectivity index (χ3v) is 7.23. The molecule has 4 heteroatoms. The summed E-state index contributed by atoms with van der Waals surface area (Å²) in [7, 11) is 0. The highest BCUT2D eigenvalue weighted by atomic mass is 32.2. The topological polar surface area (TPSA) is 17.8 Å². The maximum absolute atomic E-state index is 4.13. The average molecular weight is 290 g/mol. The molecule has 2 aromatic rings. The van der Waals surface area contributed by atoms with Gasteiger partial charge in [-0.3, -0.25) is 0 Å². The van der Waals surface area contributed by atoms with E-state index >= 15 is 0 Å². The summed E-state index contributed by atoms with van der Waals surface area (Å²) in [6, 6.07) is 10.9. The average Bonchev–Trinajstić information content (AvgIpc) is 3.08. The van der Waals surface area contributed by atoms with E-state index in [0.29, 0.717) is 0 Å². The number of aryl methyl sites for hydroxylation is 1. The second-order valence-electron chi connectivity index (χ2n) is 4.91. The highest BCUT2D eigenvalue weighted by Gasteiger charge is 2.40. The summed E-state index contributed by atoms with van der Waals surface area (Å²) in [4.78, 5) is 4.13. The van der Waals surface area contributed by atoms with Crippen molar-refractivity contribution in [3.05, 3.63) is 54.6 Å². The number of nitrogens with zero attached hydrogens (tertiary/aromatic N) is 2. The van der Waals surface area contributed by atoms with E-state index in [1.54, 1.807) is 0 Å². The lowest BCUT2D eigenvalue weighted by molar-refractivity contribution is 0.614. The molecule has 2 heterocycles. The third-order valence-electron chi connectivity index (χ3n) is 3.41. The fraction of sp³-hybridized carbons (Fsp3) is 0.400. The van der Waals surface area contributed by atoms with Crippen LogP contribution in [-0.2, 0) is 10.6 Å². The van der Waals surface area contributed by atoms with E-state index in [9.17, 15) is 0 Å². The zero-order valence-electron chi connectivity index (χ0n) is 11.0. The molecule has 2 unspecified atom stereocenters. The molecule has 0 saturated carbocycles. The molecule has 1 saturated heterocycles. The van der Waals surface area contributed by atoms with Crippen molar-refractivity contribution in [1.29, 1.82) is 0 Å². The molecular formula is C15H18N2S2. The minimum atomic E-state index is 0.213. The second kappa shape index (κ2) is 5.63. The standard InChI is InChI=1S/C15H18N2S2/c1-13-11-18-15(19-13,14-5-3-2-4-6-14)7-9-17-10-8-16-12-17/h2-6,8,10,12-13H,7,9,11H2,1H3. The summed E-state index contributed by atoms with van der Waals surface area (Å²) in [6.45, 7) is 3.36. The molecule has 0 aliphatic carbocycles. The van der Waals surface area contributed by atoms with Crippen molar-refractivity contribution in [3.8, 4) is 0 Å². The second-order valence-corrected chi connectivity index (χ2v) is 8.22. The predicted molar refractivity (Wildman–Crippen MR) is 84.5 cm³/mol. The summed E-state index contributed by atoms with van der Waals surface area (Å²) >= 11 is 4.22. The first-order valence-electron chi connectivity index (χ1n) is 6.61. The maximum atomic E-state index is 4.13. The Morgan fingerprint density at radius 3 is 2.84 bits per heavy atom. The first-order chi connectivity index (χ1) is 9.28. The van der Waals surface area contributed by atoms with E-state index in [1.165, 1.54) is 11.3 Å². The highest BCUT2D eigenvalue weighted by Crippen LogP contribution is 2.57. The van der Waals surface area contributed by atoms with Crippen LogP contribution in [0.1, 0.15) is 18.9 Å². The molecule has 100 valence electrons. The maximum Gasteiger partial charge on any atom is 0.0945 e. The van der Waals surface area contributed by atoms with E-state index in [-0.39, 0.29) is 4.08 Å². The zero-order valence-corrected chi connectivity index (χ0v) is 12.7. The number of aromatic nitrogens is 2. The molecule has 2 nitrogen and oxygen atoms in total. The molecule has 0 bridgehead atoms. The van der Waals surface area contributed by atoms with Crippen molar-refractivity contribution in [1.82, 2.24) is 9.55 Å². The van der Waals surface area contributed by atoms with Crippen molar-refractivity contribution in [3.63, 3.8) is 0 Å². The number of hydrogen-bond donors (Lipinski definition) is 0. The van der Waals surface area contributed by atoms with Crippen LogP contribution in [-0.4, -0.2) is 20.6 Å². The Bertz CT molecular complexity index is 512. The van der Waals surface area contributed by atoms with Gasteiger partial charge in [-0.25, -0.2) is 4.98 Å².